The van der Waals surface area contributed by atoms with Crippen LogP contribution in [0.15, 0.2) is 22.7 Å². The fraction of sp³-hybridized carbons (Fsp3) is 0.600. The van der Waals surface area contributed by atoms with Crippen molar-refractivity contribution in [2.24, 2.45) is 5.92 Å². The molecule has 1 aliphatic heterocycles. The monoisotopic (exact) mass is 311 g/mol. The molecule has 2 unspecified atom stereocenters. The Morgan fingerprint density at radius 1 is 1.44 bits per heavy atom. The Morgan fingerprint density at radius 3 is 3.00 bits per heavy atom. The first kappa shape index (κ1) is 14.0. The van der Waals surface area contributed by atoms with Gasteiger partial charge in [0.15, 0.2) is 0 Å². The third-order valence-electron chi connectivity index (χ3n) is 3.71. The van der Waals surface area contributed by atoms with E-state index in [0.717, 1.165) is 26.1 Å². The average molecular weight is 312 g/mol. The quantitative estimate of drug-likeness (QED) is 0.896. The topological polar surface area (TPSA) is 21.3 Å². The van der Waals surface area contributed by atoms with Crippen molar-refractivity contribution in [2.45, 2.75) is 39.3 Å². The number of halogens is 1. The van der Waals surface area contributed by atoms with Gasteiger partial charge in [0.05, 0.1) is 6.10 Å². The molecular formula is C15H22BrNO. The maximum absolute atomic E-state index is 5.71. The predicted octanol–water partition coefficient (Wildman–Crippen LogP) is 3.66. The second-order valence-corrected chi connectivity index (χ2v) is 5.94. The van der Waals surface area contributed by atoms with Crippen molar-refractivity contribution in [3.63, 3.8) is 0 Å². The first-order valence-corrected chi connectivity index (χ1v) is 7.57. The van der Waals surface area contributed by atoms with Crippen LogP contribution in [-0.2, 0) is 11.3 Å². The van der Waals surface area contributed by atoms with Gasteiger partial charge in [-0.15, -0.1) is 0 Å². The van der Waals surface area contributed by atoms with Crippen molar-refractivity contribution in [2.75, 3.05) is 13.2 Å². The van der Waals surface area contributed by atoms with Gasteiger partial charge in [-0.3, -0.25) is 0 Å². The van der Waals surface area contributed by atoms with Gasteiger partial charge in [0, 0.05) is 24.2 Å². The van der Waals surface area contributed by atoms with E-state index in [2.05, 4.69) is 53.3 Å². The van der Waals surface area contributed by atoms with Crippen LogP contribution in [0.5, 0.6) is 0 Å². The van der Waals surface area contributed by atoms with Crippen LogP contribution in [0.4, 0.5) is 0 Å². The summed E-state index contributed by atoms with van der Waals surface area (Å²) in [5.41, 5.74) is 2.65. The summed E-state index contributed by atoms with van der Waals surface area (Å²) in [6, 6.07) is 6.53. The highest BCUT2D eigenvalue weighted by molar-refractivity contribution is 9.10. The van der Waals surface area contributed by atoms with Gasteiger partial charge in [-0.2, -0.15) is 0 Å². The Balaban J connectivity index is 1.79. The molecule has 0 saturated carbocycles. The number of benzene rings is 1. The Hall–Kier alpha value is -0.380. The molecule has 1 aromatic carbocycles. The fourth-order valence-corrected chi connectivity index (χ4v) is 2.84. The summed E-state index contributed by atoms with van der Waals surface area (Å²) < 4.78 is 6.89. The number of hydrogen-bond acceptors (Lipinski definition) is 2. The molecule has 0 radical (unpaired) electrons. The highest BCUT2D eigenvalue weighted by Crippen LogP contribution is 2.22. The van der Waals surface area contributed by atoms with Crippen molar-refractivity contribution in [1.29, 1.82) is 0 Å². The number of rotatable bonds is 5. The largest absolute Gasteiger partial charge is 0.378 e. The lowest BCUT2D eigenvalue weighted by Crippen LogP contribution is -2.27. The smallest absolute Gasteiger partial charge is 0.0613 e. The van der Waals surface area contributed by atoms with Gasteiger partial charge in [-0.05, 0) is 42.9 Å². The third-order valence-corrected chi connectivity index (χ3v) is 4.60. The van der Waals surface area contributed by atoms with Gasteiger partial charge in [-0.25, -0.2) is 0 Å². The Kier molecular flexibility index (Phi) is 5.22. The number of nitrogens with one attached hydrogen (secondary N) is 1. The summed E-state index contributed by atoms with van der Waals surface area (Å²) in [5.74, 6) is 0.687. The molecule has 0 aromatic heterocycles. The minimum Gasteiger partial charge on any atom is -0.378 e. The zero-order valence-electron chi connectivity index (χ0n) is 11.2. The Bertz CT molecular complexity index is 394. The molecule has 2 atom stereocenters. The van der Waals surface area contributed by atoms with Gasteiger partial charge >= 0.3 is 0 Å². The summed E-state index contributed by atoms with van der Waals surface area (Å²) in [6.45, 7) is 7.28. The highest BCUT2D eigenvalue weighted by Gasteiger charge is 2.25. The molecule has 1 heterocycles. The van der Waals surface area contributed by atoms with Gasteiger partial charge in [0.1, 0.15) is 0 Å². The molecule has 1 aliphatic rings. The molecule has 100 valence electrons. The normalized spacial score (nSPS) is 23.5. The minimum absolute atomic E-state index is 0.462. The van der Waals surface area contributed by atoms with E-state index in [1.165, 1.54) is 22.0 Å². The van der Waals surface area contributed by atoms with Crippen molar-refractivity contribution in [3.05, 3.63) is 33.8 Å². The zero-order chi connectivity index (χ0) is 13.0. The Labute approximate surface area is 118 Å². The van der Waals surface area contributed by atoms with Gasteiger partial charge in [0.2, 0.25) is 0 Å². The average Bonchev–Trinajstić information content (AvgIpc) is 2.81. The van der Waals surface area contributed by atoms with Crippen LogP contribution in [0, 0.1) is 12.8 Å². The summed E-state index contributed by atoms with van der Waals surface area (Å²) >= 11 is 3.53. The molecule has 3 heteroatoms. The molecule has 2 rings (SSSR count). The molecule has 1 saturated heterocycles. The van der Waals surface area contributed by atoms with Crippen molar-refractivity contribution in [3.8, 4) is 0 Å². The van der Waals surface area contributed by atoms with Crippen LogP contribution in [0.2, 0.25) is 0 Å². The summed E-state index contributed by atoms with van der Waals surface area (Å²) in [4.78, 5) is 0. The number of aryl methyl sites for hydroxylation is 1. The summed E-state index contributed by atoms with van der Waals surface area (Å²) in [5, 5.41) is 3.56. The molecule has 0 amide bonds. The fourth-order valence-electron chi connectivity index (χ4n) is 2.60. The van der Waals surface area contributed by atoms with E-state index in [9.17, 15) is 0 Å². The molecule has 18 heavy (non-hydrogen) atoms. The van der Waals surface area contributed by atoms with Gasteiger partial charge in [-0.1, -0.05) is 35.0 Å². The van der Waals surface area contributed by atoms with E-state index in [1.807, 2.05) is 0 Å². The Morgan fingerprint density at radius 2 is 2.28 bits per heavy atom. The summed E-state index contributed by atoms with van der Waals surface area (Å²) in [6.07, 6.45) is 2.79. The lowest BCUT2D eigenvalue weighted by atomic mass is 9.99. The molecule has 2 nitrogen and oxygen atoms in total. The third kappa shape index (κ3) is 3.56. The standard InChI is InChI=1S/C15H22BrNO/c1-3-15-13(6-7-18-15)10-17-9-12-4-5-14(16)11(2)8-12/h4-5,8,13,15,17H,3,6-7,9-10H2,1-2H3. The molecule has 1 fully saturated rings. The first-order valence-electron chi connectivity index (χ1n) is 6.78. The lowest BCUT2D eigenvalue weighted by molar-refractivity contribution is 0.0872. The van der Waals surface area contributed by atoms with Crippen LogP contribution in [0.1, 0.15) is 30.9 Å². The van der Waals surface area contributed by atoms with Crippen LogP contribution in [0.3, 0.4) is 0 Å². The minimum atomic E-state index is 0.462. The van der Waals surface area contributed by atoms with E-state index >= 15 is 0 Å². The molecule has 1 N–H and O–H groups in total. The maximum atomic E-state index is 5.71. The summed E-state index contributed by atoms with van der Waals surface area (Å²) in [7, 11) is 0. The van der Waals surface area contributed by atoms with Crippen LogP contribution in [-0.4, -0.2) is 19.3 Å². The number of hydrogen-bond donors (Lipinski definition) is 1. The van der Waals surface area contributed by atoms with Crippen molar-refractivity contribution >= 4 is 15.9 Å². The van der Waals surface area contributed by atoms with Crippen LogP contribution >= 0.6 is 15.9 Å². The van der Waals surface area contributed by atoms with E-state index in [4.69, 9.17) is 4.74 Å². The van der Waals surface area contributed by atoms with Gasteiger partial charge in [0.25, 0.3) is 0 Å². The molecule has 0 bridgehead atoms. The van der Waals surface area contributed by atoms with E-state index in [0.29, 0.717) is 12.0 Å². The zero-order valence-corrected chi connectivity index (χ0v) is 12.8. The first-order chi connectivity index (χ1) is 8.70. The second-order valence-electron chi connectivity index (χ2n) is 5.08. The van der Waals surface area contributed by atoms with Crippen molar-refractivity contribution in [1.82, 2.24) is 5.32 Å². The number of ether oxygens (including phenoxy) is 1. The predicted molar refractivity (Wildman–Crippen MR) is 78.7 cm³/mol. The van der Waals surface area contributed by atoms with Crippen LogP contribution in [0.25, 0.3) is 0 Å². The van der Waals surface area contributed by atoms with Crippen molar-refractivity contribution < 1.29 is 4.74 Å². The SMILES string of the molecule is CCC1OCCC1CNCc1ccc(Br)c(C)c1. The maximum Gasteiger partial charge on any atom is 0.0613 e. The van der Waals surface area contributed by atoms with Crippen LogP contribution < -0.4 is 5.32 Å². The molecule has 1 aromatic rings. The van der Waals surface area contributed by atoms with E-state index in [1.54, 1.807) is 0 Å². The molecule has 0 spiro atoms. The van der Waals surface area contributed by atoms with E-state index < -0.39 is 0 Å². The highest BCUT2D eigenvalue weighted by atomic mass is 79.9. The molecular weight excluding hydrogens is 290 g/mol. The second kappa shape index (κ2) is 6.69. The lowest BCUT2D eigenvalue weighted by Gasteiger charge is -2.17. The molecule has 0 aliphatic carbocycles. The van der Waals surface area contributed by atoms with Gasteiger partial charge < -0.3 is 10.1 Å². The van der Waals surface area contributed by atoms with E-state index in [-0.39, 0.29) is 0 Å².